The summed E-state index contributed by atoms with van der Waals surface area (Å²) in [6.07, 6.45) is 0.599. The molecule has 1 aliphatic carbocycles. The van der Waals surface area contributed by atoms with E-state index < -0.39 is 22.2 Å². The first kappa shape index (κ1) is 21.3. The van der Waals surface area contributed by atoms with Gasteiger partial charge in [0.05, 0.1) is 18.8 Å². The first-order valence-electron chi connectivity index (χ1n) is 9.53. The molecule has 0 radical (unpaired) electrons. The summed E-state index contributed by atoms with van der Waals surface area (Å²) in [6, 6.07) is 0. The third-order valence-electron chi connectivity index (χ3n) is 6.88. The fraction of sp³-hybridized carbons (Fsp3) is 0.947. The second kappa shape index (κ2) is 6.26. The summed E-state index contributed by atoms with van der Waals surface area (Å²) in [5, 5.41) is 0.221. The van der Waals surface area contributed by atoms with Crippen molar-refractivity contribution in [1.82, 2.24) is 0 Å². The van der Waals surface area contributed by atoms with Gasteiger partial charge in [0.2, 0.25) is 0 Å². The van der Waals surface area contributed by atoms with Gasteiger partial charge in [0.1, 0.15) is 11.4 Å². The molecule has 2 rings (SSSR count). The van der Waals surface area contributed by atoms with Crippen LogP contribution in [0.3, 0.4) is 0 Å². The van der Waals surface area contributed by atoms with Crippen molar-refractivity contribution in [2.75, 3.05) is 6.61 Å². The lowest BCUT2D eigenvalue weighted by Crippen LogP contribution is -2.58. The number of epoxide rings is 1. The molecule has 3 atom stereocenters. The molecule has 0 bridgehead atoms. The maximum absolute atomic E-state index is 12.5. The van der Waals surface area contributed by atoms with E-state index in [1.54, 1.807) is 0 Å². The van der Waals surface area contributed by atoms with E-state index in [0.29, 0.717) is 19.4 Å². The highest BCUT2D eigenvalue weighted by molar-refractivity contribution is 6.74. The normalized spacial score (nSPS) is 31.5. The van der Waals surface area contributed by atoms with Crippen LogP contribution < -0.4 is 0 Å². The van der Waals surface area contributed by atoms with Gasteiger partial charge in [-0.3, -0.25) is 4.79 Å². The molecule has 1 heterocycles. The van der Waals surface area contributed by atoms with Crippen molar-refractivity contribution >= 4 is 22.4 Å². The number of carbonyl (C=O) groups is 1. The van der Waals surface area contributed by atoms with Crippen molar-refractivity contribution in [1.29, 1.82) is 0 Å². The number of hydrogen-bond donors (Lipinski definition) is 0. The number of Topliss-reactive ketones (excluding diaryl/α,β-unsaturated/α-hetero) is 1. The van der Waals surface area contributed by atoms with Crippen molar-refractivity contribution in [2.45, 2.75) is 108 Å². The van der Waals surface area contributed by atoms with E-state index in [-0.39, 0.29) is 28.1 Å². The molecule has 1 saturated heterocycles. The van der Waals surface area contributed by atoms with Crippen LogP contribution in [0.5, 0.6) is 0 Å². The zero-order valence-electron chi connectivity index (χ0n) is 17.9. The largest absolute Gasteiger partial charge is 0.410 e. The highest BCUT2D eigenvalue weighted by Crippen LogP contribution is 2.50. The Morgan fingerprint density at radius 2 is 1.20 bits per heavy atom. The summed E-state index contributed by atoms with van der Waals surface area (Å²) in [6.45, 7) is 23.0. The lowest BCUT2D eigenvalue weighted by Gasteiger charge is -2.46. The van der Waals surface area contributed by atoms with E-state index in [4.69, 9.17) is 13.6 Å². The number of rotatable bonds is 4. The molecule has 1 aliphatic heterocycles. The highest BCUT2D eigenvalue weighted by Gasteiger charge is 2.64. The molecular weight excluding hydrogens is 348 g/mol. The fourth-order valence-corrected chi connectivity index (χ4v) is 5.55. The summed E-state index contributed by atoms with van der Waals surface area (Å²) in [7, 11) is -3.94. The van der Waals surface area contributed by atoms with E-state index in [0.717, 1.165) is 0 Å². The summed E-state index contributed by atoms with van der Waals surface area (Å²) in [5.41, 5.74) is -0.404. The SMILES string of the molecule is CC(C)(C)[Si](C)(C)O[C@H]1CC(=O)C[C@@H](O[Si](C)(C)C(C)(C)C)C12CO2. The van der Waals surface area contributed by atoms with Gasteiger partial charge in [-0.2, -0.15) is 0 Å². The second-order valence-corrected chi connectivity index (χ2v) is 20.4. The van der Waals surface area contributed by atoms with Crippen molar-refractivity contribution in [3.05, 3.63) is 0 Å². The molecule has 1 saturated carbocycles. The van der Waals surface area contributed by atoms with E-state index in [1.807, 2.05) is 0 Å². The number of carbonyl (C=O) groups excluding carboxylic acids is 1. The predicted molar refractivity (Wildman–Crippen MR) is 107 cm³/mol. The average molecular weight is 387 g/mol. The van der Waals surface area contributed by atoms with E-state index in [1.165, 1.54) is 0 Å². The third-order valence-corrected chi connectivity index (χ3v) is 15.9. The van der Waals surface area contributed by atoms with Crippen LogP contribution in [-0.4, -0.2) is 46.8 Å². The zero-order valence-corrected chi connectivity index (χ0v) is 19.9. The van der Waals surface area contributed by atoms with Gasteiger partial charge in [-0.25, -0.2) is 0 Å². The first-order valence-corrected chi connectivity index (χ1v) is 15.3. The Balaban J connectivity index is 2.24. The monoisotopic (exact) mass is 386 g/mol. The molecule has 4 nitrogen and oxygen atoms in total. The summed E-state index contributed by atoms with van der Waals surface area (Å²) >= 11 is 0. The summed E-state index contributed by atoms with van der Waals surface area (Å²) in [4.78, 5) is 12.5. The van der Waals surface area contributed by atoms with Crippen molar-refractivity contribution < 1.29 is 18.4 Å². The lowest BCUT2D eigenvalue weighted by molar-refractivity contribution is -0.131. The van der Waals surface area contributed by atoms with Crippen LogP contribution in [0.25, 0.3) is 0 Å². The molecule has 2 fully saturated rings. The van der Waals surface area contributed by atoms with Gasteiger partial charge < -0.3 is 13.6 Å². The lowest BCUT2D eigenvalue weighted by atomic mass is 9.83. The predicted octanol–water partition coefficient (Wildman–Crippen LogP) is 4.90. The molecule has 146 valence electrons. The van der Waals surface area contributed by atoms with Crippen LogP contribution >= 0.6 is 0 Å². The molecule has 0 aromatic rings. The number of ether oxygens (including phenoxy) is 1. The van der Waals surface area contributed by atoms with Gasteiger partial charge in [0.15, 0.2) is 16.6 Å². The summed E-state index contributed by atoms with van der Waals surface area (Å²) < 4.78 is 19.3. The molecule has 25 heavy (non-hydrogen) atoms. The van der Waals surface area contributed by atoms with Crippen molar-refractivity contribution in [3.63, 3.8) is 0 Å². The highest BCUT2D eigenvalue weighted by atomic mass is 28.4. The maximum atomic E-state index is 12.5. The van der Waals surface area contributed by atoms with Gasteiger partial charge in [0.25, 0.3) is 0 Å². The molecule has 0 aromatic heterocycles. The summed E-state index contributed by atoms with van der Waals surface area (Å²) in [5.74, 6) is 0.244. The Kier molecular flexibility index (Phi) is 5.33. The minimum atomic E-state index is -1.97. The van der Waals surface area contributed by atoms with Crippen LogP contribution in [0.1, 0.15) is 54.4 Å². The van der Waals surface area contributed by atoms with E-state index >= 15 is 0 Å². The van der Waals surface area contributed by atoms with Gasteiger partial charge in [-0.05, 0) is 36.3 Å². The topological polar surface area (TPSA) is 48.1 Å². The first-order chi connectivity index (χ1) is 11.0. The standard InChI is InChI=1S/C19H38O4Si2/c1-17(2,3)24(7,8)22-15-11-14(20)12-16(19(15)13-21-19)23-25(9,10)18(4,5)6/h15-16H,11-13H2,1-10H3/t15-,16+,19?. The number of hydrogen-bond acceptors (Lipinski definition) is 4. The van der Waals surface area contributed by atoms with Gasteiger partial charge in [-0.1, -0.05) is 41.5 Å². The van der Waals surface area contributed by atoms with Crippen LogP contribution in [0.15, 0.2) is 0 Å². The van der Waals surface area contributed by atoms with Gasteiger partial charge >= 0.3 is 0 Å². The smallest absolute Gasteiger partial charge is 0.192 e. The number of ketones is 1. The van der Waals surface area contributed by atoms with Crippen molar-refractivity contribution in [3.8, 4) is 0 Å². The van der Waals surface area contributed by atoms with Crippen LogP contribution in [0, 0.1) is 0 Å². The zero-order chi connectivity index (χ0) is 19.5. The van der Waals surface area contributed by atoms with E-state index in [9.17, 15) is 4.79 Å². The van der Waals surface area contributed by atoms with E-state index in [2.05, 4.69) is 67.7 Å². The molecule has 1 unspecified atom stereocenters. The third kappa shape index (κ3) is 4.13. The Morgan fingerprint density at radius 1 is 0.880 bits per heavy atom. The maximum Gasteiger partial charge on any atom is 0.192 e. The molecule has 0 N–H and O–H groups in total. The molecule has 0 aromatic carbocycles. The second-order valence-electron chi connectivity index (χ2n) is 10.9. The fourth-order valence-electron chi connectivity index (χ4n) is 2.85. The average Bonchev–Trinajstić information content (AvgIpc) is 3.13. The Labute approximate surface area is 156 Å². The quantitative estimate of drug-likeness (QED) is 0.509. The van der Waals surface area contributed by atoms with Crippen LogP contribution in [0.4, 0.5) is 0 Å². The molecule has 1 spiro atoms. The van der Waals surface area contributed by atoms with Crippen molar-refractivity contribution in [2.24, 2.45) is 0 Å². The Bertz CT molecular complexity index is 483. The Morgan fingerprint density at radius 3 is 1.44 bits per heavy atom. The Hall–Kier alpha value is -0.0162. The van der Waals surface area contributed by atoms with Crippen LogP contribution in [-0.2, 0) is 18.4 Å². The minimum absolute atomic E-state index is 0.110. The van der Waals surface area contributed by atoms with Gasteiger partial charge in [-0.15, -0.1) is 0 Å². The molecule has 2 aliphatic rings. The molecule has 0 amide bonds. The van der Waals surface area contributed by atoms with Gasteiger partial charge in [0, 0.05) is 12.8 Å². The minimum Gasteiger partial charge on any atom is -0.410 e. The van der Waals surface area contributed by atoms with Crippen LogP contribution in [0.2, 0.25) is 36.3 Å². The molecular formula is C19H38O4Si2. The molecule has 6 heteroatoms.